The fraction of sp³-hybridized carbons (Fsp3) is 0.111. The molecule has 0 radical (unpaired) electrons. The lowest BCUT2D eigenvalue weighted by molar-refractivity contribution is 0.102. The second-order valence-corrected chi connectivity index (χ2v) is 3.39. The fourth-order valence-electron chi connectivity index (χ4n) is 1.03. The van der Waals surface area contributed by atoms with Gasteiger partial charge in [-0.25, -0.2) is 4.98 Å². The molecule has 1 N–H and O–H groups in total. The lowest BCUT2D eigenvalue weighted by Crippen LogP contribution is -2.12. The predicted molar refractivity (Wildman–Crippen MR) is 58.7 cm³/mol. The summed E-state index contributed by atoms with van der Waals surface area (Å²) in [6.07, 6.45) is 2.92. The zero-order valence-corrected chi connectivity index (χ0v) is 9.19. The van der Waals surface area contributed by atoms with Gasteiger partial charge < -0.3 is 10.1 Å². The molecular formula is C9H8N4O2S. The number of nitrogens with zero attached hydrogens (tertiary/aromatic N) is 3. The molecular weight excluding hydrogens is 228 g/mol. The topological polar surface area (TPSA) is 77.0 Å². The van der Waals surface area contributed by atoms with E-state index in [-0.39, 0.29) is 5.91 Å². The van der Waals surface area contributed by atoms with Gasteiger partial charge in [-0.05, 0) is 6.07 Å². The number of nitrogens with one attached hydrogen (secondary N) is 1. The van der Waals surface area contributed by atoms with Crippen LogP contribution in [0.4, 0.5) is 5.69 Å². The van der Waals surface area contributed by atoms with E-state index in [2.05, 4.69) is 19.0 Å². The molecule has 0 saturated heterocycles. The molecule has 0 aliphatic rings. The van der Waals surface area contributed by atoms with Gasteiger partial charge in [-0.2, -0.15) is 8.75 Å². The minimum Gasteiger partial charge on any atom is -0.481 e. The van der Waals surface area contributed by atoms with Crippen molar-refractivity contribution in [1.29, 1.82) is 0 Å². The predicted octanol–water partition coefficient (Wildman–Crippen LogP) is 1.19. The zero-order chi connectivity index (χ0) is 11.4. The number of aromatic nitrogens is 3. The lowest BCUT2D eigenvalue weighted by atomic mass is 10.4. The third kappa shape index (κ3) is 2.31. The standard InChI is InChI=1S/C9H8N4O2S/c1-15-8-3-2-6(4-10-8)12-9(14)7-5-11-16-13-7/h2-5H,1H3,(H,12,14). The van der Waals surface area contributed by atoms with E-state index in [0.29, 0.717) is 17.3 Å². The summed E-state index contributed by atoms with van der Waals surface area (Å²) < 4.78 is 12.5. The minimum absolute atomic E-state index is 0.292. The average molecular weight is 236 g/mol. The fourth-order valence-corrected chi connectivity index (χ4v) is 1.45. The first-order valence-corrected chi connectivity index (χ1v) is 5.11. The lowest BCUT2D eigenvalue weighted by Gasteiger charge is -2.03. The Hall–Kier alpha value is -2.02. The van der Waals surface area contributed by atoms with Crippen LogP contribution in [0.5, 0.6) is 5.88 Å². The molecule has 0 unspecified atom stereocenters. The summed E-state index contributed by atoms with van der Waals surface area (Å²) >= 11 is 0.988. The summed E-state index contributed by atoms with van der Waals surface area (Å²) in [4.78, 5) is 15.5. The van der Waals surface area contributed by atoms with Gasteiger partial charge in [0.1, 0.15) is 0 Å². The second kappa shape index (κ2) is 4.67. The molecule has 0 fully saturated rings. The summed E-state index contributed by atoms with van der Waals surface area (Å²) in [7, 11) is 1.53. The molecule has 2 aromatic heterocycles. The molecule has 82 valence electrons. The highest BCUT2D eigenvalue weighted by Gasteiger charge is 2.08. The largest absolute Gasteiger partial charge is 0.481 e. The first-order chi connectivity index (χ1) is 7.79. The van der Waals surface area contributed by atoms with Gasteiger partial charge >= 0.3 is 0 Å². The van der Waals surface area contributed by atoms with Crippen LogP contribution in [0, 0.1) is 0 Å². The molecule has 0 aliphatic heterocycles. The molecule has 0 saturated carbocycles. The van der Waals surface area contributed by atoms with Crippen LogP contribution in [-0.4, -0.2) is 26.7 Å². The Kier molecular flexibility index (Phi) is 3.06. The first-order valence-electron chi connectivity index (χ1n) is 4.38. The number of anilines is 1. The number of rotatable bonds is 3. The van der Waals surface area contributed by atoms with Gasteiger partial charge in [0, 0.05) is 6.07 Å². The molecule has 7 heteroatoms. The van der Waals surface area contributed by atoms with Crippen molar-refractivity contribution in [1.82, 2.24) is 13.7 Å². The molecule has 0 bridgehead atoms. The van der Waals surface area contributed by atoms with Crippen LogP contribution >= 0.6 is 11.7 Å². The Labute approximate surface area is 95.6 Å². The normalized spacial score (nSPS) is 9.81. The van der Waals surface area contributed by atoms with Crippen LogP contribution < -0.4 is 10.1 Å². The van der Waals surface area contributed by atoms with E-state index in [1.165, 1.54) is 19.5 Å². The van der Waals surface area contributed by atoms with Crippen molar-refractivity contribution >= 4 is 23.3 Å². The van der Waals surface area contributed by atoms with Gasteiger partial charge in [0.05, 0.1) is 36.9 Å². The van der Waals surface area contributed by atoms with Crippen molar-refractivity contribution in [3.8, 4) is 5.88 Å². The summed E-state index contributed by atoms with van der Waals surface area (Å²) in [6.45, 7) is 0. The highest BCUT2D eigenvalue weighted by atomic mass is 32.1. The van der Waals surface area contributed by atoms with Crippen molar-refractivity contribution in [2.24, 2.45) is 0 Å². The average Bonchev–Trinajstić information content (AvgIpc) is 2.83. The van der Waals surface area contributed by atoms with Gasteiger partial charge in [-0.15, -0.1) is 0 Å². The number of hydrogen-bond acceptors (Lipinski definition) is 6. The van der Waals surface area contributed by atoms with Crippen LogP contribution in [0.3, 0.4) is 0 Å². The maximum absolute atomic E-state index is 11.6. The SMILES string of the molecule is COc1ccc(NC(=O)c2cnsn2)cn1. The summed E-state index contributed by atoms with van der Waals surface area (Å²) in [5.41, 5.74) is 0.875. The summed E-state index contributed by atoms with van der Waals surface area (Å²) in [5, 5.41) is 2.64. The van der Waals surface area contributed by atoms with Gasteiger partial charge in [0.25, 0.3) is 5.91 Å². The van der Waals surface area contributed by atoms with Crippen molar-refractivity contribution in [3.05, 3.63) is 30.2 Å². The van der Waals surface area contributed by atoms with E-state index in [4.69, 9.17) is 4.74 Å². The molecule has 0 aliphatic carbocycles. The maximum atomic E-state index is 11.6. The molecule has 2 rings (SSSR count). The molecule has 0 spiro atoms. The van der Waals surface area contributed by atoms with Crippen LogP contribution in [0.25, 0.3) is 0 Å². The van der Waals surface area contributed by atoms with Crippen LogP contribution in [0.1, 0.15) is 10.5 Å². The molecule has 2 heterocycles. The van der Waals surface area contributed by atoms with E-state index in [9.17, 15) is 4.79 Å². The first kappa shape index (κ1) is 10.5. The molecule has 16 heavy (non-hydrogen) atoms. The molecule has 0 atom stereocenters. The highest BCUT2D eigenvalue weighted by molar-refractivity contribution is 6.99. The van der Waals surface area contributed by atoms with Gasteiger partial charge in [-0.3, -0.25) is 4.79 Å². The number of pyridine rings is 1. The van der Waals surface area contributed by atoms with Crippen molar-refractivity contribution in [3.63, 3.8) is 0 Å². The van der Waals surface area contributed by atoms with Crippen molar-refractivity contribution in [2.75, 3.05) is 12.4 Å². The third-order valence-corrected chi connectivity index (χ3v) is 2.28. The number of ether oxygens (including phenoxy) is 1. The van der Waals surface area contributed by atoms with Gasteiger partial charge in [0.2, 0.25) is 5.88 Å². The van der Waals surface area contributed by atoms with E-state index in [1.807, 2.05) is 0 Å². The Morgan fingerprint density at radius 1 is 1.44 bits per heavy atom. The van der Waals surface area contributed by atoms with Crippen LogP contribution in [0.15, 0.2) is 24.5 Å². The van der Waals surface area contributed by atoms with Gasteiger partial charge in [-0.1, -0.05) is 0 Å². The third-order valence-electron chi connectivity index (χ3n) is 1.80. The number of amides is 1. The van der Waals surface area contributed by atoms with E-state index in [0.717, 1.165) is 11.7 Å². The highest BCUT2D eigenvalue weighted by Crippen LogP contribution is 2.11. The van der Waals surface area contributed by atoms with Crippen LogP contribution in [0.2, 0.25) is 0 Å². The van der Waals surface area contributed by atoms with Crippen molar-refractivity contribution in [2.45, 2.75) is 0 Å². The quantitative estimate of drug-likeness (QED) is 0.866. The monoisotopic (exact) mass is 236 g/mol. The smallest absolute Gasteiger partial charge is 0.277 e. The zero-order valence-electron chi connectivity index (χ0n) is 8.38. The summed E-state index contributed by atoms with van der Waals surface area (Å²) in [6, 6.07) is 3.36. The Balaban J connectivity index is 2.06. The van der Waals surface area contributed by atoms with E-state index < -0.39 is 0 Å². The summed E-state index contributed by atoms with van der Waals surface area (Å²) in [5.74, 6) is 0.189. The molecule has 6 nitrogen and oxygen atoms in total. The van der Waals surface area contributed by atoms with E-state index >= 15 is 0 Å². The molecule has 1 amide bonds. The number of hydrogen-bond donors (Lipinski definition) is 1. The van der Waals surface area contributed by atoms with E-state index in [1.54, 1.807) is 12.1 Å². The number of carbonyl (C=O) groups excluding carboxylic acids is 1. The number of methoxy groups -OCH3 is 1. The Bertz CT molecular complexity index is 469. The second-order valence-electron chi connectivity index (χ2n) is 2.84. The molecule has 0 aromatic carbocycles. The molecule has 2 aromatic rings. The Morgan fingerprint density at radius 2 is 2.31 bits per heavy atom. The van der Waals surface area contributed by atoms with Crippen LogP contribution in [-0.2, 0) is 0 Å². The minimum atomic E-state index is -0.305. The van der Waals surface area contributed by atoms with Gasteiger partial charge in [0.15, 0.2) is 5.69 Å². The Morgan fingerprint density at radius 3 is 2.88 bits per heavy atom. The maximum Gasteiger partial charge on any atom is 0.277 e. The number of carbonyl (C=O) groups is 1. The van der Waals surface area contributed by atoms with Crippen molar-refractivity contribution < 1.29 is 9.53 Å².